The smallest absolute Gasteiger partial charge is 0.123 e. The van der Waals surface area contributed by atoms with Gasteiger partial charge in [-0.3, -0.25) is 4.99 Å². The molecule has 0 heterocycles. The third-order valence-electron chi connectivity index (χ3n) is 1.60. The van der Waals surface area contributed by atoms with Gasteiger partial charge in [-0.15, -0.1) is 0 Å². The molecule has 0 saturated heterocycles. The molecule has 0 unspecified atom stereocenters. The topological polar surface area (TPSA) is 12.4 Å². The van der Waals surface area contributed by atoms with Crippen molar-refractivity contribution in [2.45, 2.75) is 13.3 Å². The molecule has 12 heavy (non-hydrogen) atoms. The minimum Gasteiger partial charge on any atom is -0.297 e. The molecule has 0 amide bonds. The number of benzene rings is 1. The Hall–Kier alpha value is -1.18. The Balaban J connectivity index is 2.52. The van der Waals surface area contributed by atoms with Gasteiger partial charge in [0.2, 0.25) is 0 Å². The van der Waals surface area contributed by atoms with Gasteiger partial charge in [0.25, 0.3) is 0 Å². The Bertz CT molecular complexity index is 268. The third-order valence-corrected chi connectivity index (χ3v) is 1.60. The predicted molar refractivity (Wildman–Crippen MR) is 49.1 cm³/mol. The lowest BCUT2D eigenvalue weighted by Gasteiger charge is -1.96. The van der Waals surface area contributed by atoms with Crippen LogP contribution in [0.5, 0.6) is 0 Å². The normalized spacial score (nSPS) is 10.8. The fourth-order valence-corrected chi connectivity index (χ4v) is 1.02. The van der Waals surface area contributed by atoms with E-state index in [9.17, 15) is 4.39 Å². The minimum absolute atomic E-state index is 0.173. The number of nitrogens with zero attached hydrogens (tertiary/aromatic N) is 1. The Morgan fingerprint density at radius 2 is 2.33 bits per heavy atom. The van der Waals surface area contributed by atoms with Crippen LogP contribution in [-0.2, 0) is 6.42 Å². The first-order valence-corrected chi connectivity index (χ1v) is 4.02. The Morgan fingerprint density at radius 3 is 3.00 bits per heavy atom. The SMILES string of the molecule is C/C=N\CCc1cccc(F)c1. The number of rotatable bonds is 3. The Morgan fingerprint density at radius 1 is 1.50 bits per heavy atom. The molecule has 0 bridgehead atoms. The monoisotopic (exact) mass is 165 g/mol. The van der Waals surface area contributed by atoms with Gasteiger partial charge < -0.3 is 0 Å². The molecule has 1 nitrogen and oxygen atoms in total. The van der Waals surface area contributed by atoms with E-state index in [1.807, 2.05) is 13.0 Å². The second kappa shape index (κ2) is 4.65. The van der Waals surface area contributed by atoms with Gasteiger partial charge in [0.05, 0.1) is 0 Å². The lowest BCUT2D eigenvalue weighted by Crippen LogP contribution is -1.89. The molecule has 0 spiro atoms. The summed E-state index contributed by atoms with van der Waals surface area (Å²) in [6.45, 7) is 2.62. The molecule has 0 aromatic heterocycles. The minimum atomic E-state index is -0.173. The summed E-state index contributed by atoms with van der Waals surface area (Å²) in [4.78, 5) is 4.05. The van der Waals surface area contributed by atoms with Crippen molar-refractivity contribution >= 4 is 6.21 Å². The lowest BCUT2D eigenvalue weighted by atomic mass is 10.1. The van der Waals surface area contributed by atoms with Gasteiger partial charge in [0.15, 0.2) is 0 Å². The molecule has 2 heteroatoms. The van der Waals surface area contributed by atoms with E-state index in [0.717, 1.165) is 18.5 Å². The van der Waals surface area contributed by atoms with E-state index >= 15 is 0 Å². The largest absolute Gasteiger partial charge is 0.297 e. The first-order chi connectivity index (χ1) is 5.83. The van der Waals surface area contributed by atoms with E-state index < -0.39 is 0 Å². The molecule has 0 atom stereocenters. The Kier molecular flexibility index (Phi) is 3.45. The van der Waals surface area contributed by atoms with Crippen LogP contribution in [-0.4, -0.2) is 12.8 Å². The van der Waals surface area contributed by atoms with E-state index in [-0.39, 0.29) is 5.82 Å². The van der Waals surface area contributed by atoms with Gasteiger partial charge in [-0.2, -0.15) is 0 Å². The average molecular weight is 165 g/mol. The molecule has 0 aliphatic rings. The van der Waals surface area contributed by atoms with Crippen LogP contribution in [0.3, 0.4) is 0 Å². The number of aliphatic imine (C=N–C) groups is 1. The molecule has 0 aliphatic heterocycles. The lowest BCUT2D eigenvalue weighted by molar-refractivity contribution is 0.625. The second-order valence-corrected chi connectivity index (χ2v) is 2.54. The van der Waals surface area contributed by atoms with Crippen molar-refractivity contribution in [2.24, 2.45) is 4.99 Å². The first kappa shape index (κ1) is 8.91. The van der Waals surface area contributed by atoms with Crippen molar-refractivity contribution in [1.82, 2.24) is 0 Å². The molecule has 0 fully saturated rings. The standard InChI is InChI=1S/C10H12FN/c1-2-12-7-6-9-4-3-5-10(11)8-9/h2-5,8H,6-7H2,1H3/b12-2-. The molecular formula is C10H12FN. The van der Waals surface area contributed by atoms with E-state index in [0.29, 0.717) is 0 Å². The van der Waals surface area contributed by atoms with Crippen molar-refractivity contribution in [3.63, 3.8) is 0 Å². The van der Waals surface area contributed by atoms with E-state index in [1.54, 1.807) is 18.3 Å². The summed E-state index contributed by atoms with van der Waals surface area (Å²) in [6.07, 6.45) is 2.57. The van der Waals surface area contributed by atoms with Gasteiger partial charge in [-0.05, 0) is 37.3 Å². The van der Waals surface area contributed by atoms with Gasteiger partial charge in [-0.25, -0.2) is 4.39 Å². The van der Waals surface area contributed by atoms with Crippen molar-refractivity contribution in [2.75, 3.05) is 6.54 Å². The second-order valence-electron chi connectivity index (χ2n) is 2.54. The van der Waals surface area contributed by atoms with Crippen LogP contribution in [0.2, 0.25) is 0 Å². The van der Waals surface area contributed by atoms with Gasteiger partial charge in [-0.1, -0.05) is 12.1 Å². The highest BCUT2D eigenvalue weighted by Gasteiger charge is 1.92. The summed E-state index contributed by atoms with van der Waals surface area (Å²) in [6, 6.07) is 6.63. The van der Waals surface area contributed by atoms with Crippen LogP contribution in [0.1, 0.15) is 12.5 Å². The molecule has 0 saturated carbocycles. The Labute approximate surface area is 72.0 Å². The van der Waals surface area contributed by atoms with Crippen molar-refractivity contribution < 1.29 is 4.39 Å². The van der Waals surface area contributed by atoms with Crippen LogP contribution in [0.4, 0.5) is 4.39 Å². The fourth-order valence-electron chi connectivity index (χ4n) is 1.02. The van der Waals surface area contributed by atoms with E-state index in [1.165, 1.54) is 6.07 Å². The summed E-state index contributed by atoms with van der Waals surface area (Å²) < 4.78 is 12.6. The molecule has 0 radical (unpaired) electrons. The molecule has 64 valence electrons. The van der Waals surface area contributed by atoms with Gasteiger partial charge in [0, 0.05) is 6.54 Å². The van der Waals surface area contributed by atoms with Gasteiger partial charge in [0.1, 0.15) is 5.82 Å². The van der Waals surface area contributed by atoms with Crippen molar-refractivity contribution in [1.29, 1.82) is 0 Å². The van der Waals surface area contributed by atoms with Crippen LogP contribution < -0.4 is 0 Å². The zero-order valence-corrected chi connectivity index (χ0v) is 7.13. The summed E-state index contributed by atoms with van der Waals surface area (Å²) in [5, 5.41) is 0. The molecule has 1 aromatic rings. The number of hydrogen-bond donors (Lipinski definition) is 0. The van der Waals surface area contributed by atoms with Crippen molar-refractivity contribution in [3.05, 3.63) is 35.6 Å². The van der Waals surface area contributed by atoms with Crippen LogP contribution in [0, 0.1) is 5.82 Å². The van der Waals surface area contributed by atoms with Crippen LogP contribution in [0.15, 0.2) is 29.3 Å². The average Bonchev–Trinajstić information content (AvgIpc) is 2.05. The molecule has 1 rings (SSSR count). The van der Waals surface area contributed by atoms with Gasteiger partial charge >= 0.3 is 0 Å². The summed E-state index contributed by atoms with van der Waals surface area (Å²) in [5.41, 5.74) is 1.00. The van der Waals surface area contributed by atoms with E-state index in [2.05, 4.69) is 4.99 Å². The van der Waals surface area contributed by atoms with Crippen LogP contribution >= 0.6 is 0 Å². The predicted octanol–water partition coefficient (Wildman–Crippen LogP) is 2.46. The zero-order valence-electron chi connectivity index (χ0n) is 7.13. The quantitative estimate of drug-likeness (QED) is 0.610. The third kappa shape index (κ3) is 2.82. The molecule has 0 N–H and O–H groups in total. The summed E-state index contributed by atoms with van der Waals surface area (Å²) in [5.74, 6) is -0.173. The number of halogens is 1. The maximum atomic E-state index is 12.6. The first-order valence-electron chi connectivity index (χ1n) is 4.02. The summed E-state index contributed by atoms with van der Waals surface area (Å²) in [7, 11) is 0. The fraction of sp³-hybridized carbons (Fsp3) is 0.300. The maximum Gasteiger partial charge on any atom is 0.123 e. The zero-order chi connectivity index (χ0) is 8.81. The maximum absolute atomic E-state index is 12.6. The summed E-state index contributed by atoms with van der Waals surface area (Å²) >= 11 is 0. The van der Waals surface area contributed by atoms with E-state index in [4.69, 9.17) is 0 Å². The highest BCUT2D eigenvalue weighted by atomic mass is 19.1. The molecular weight excluding hydrogens is 153 g/mol. The highest BCUT2D eigenvalue weighted by molar-refractivity contribution is 5.53. The number of hydrogen-bond acceptors (Lipinski definition) is 1. The highest BCUT2D eigenvalue weighted by Crippen LogP contribution is 2.03. The van der Waals surface area contributed by atoms with Crippen LogP contribution in [0.25, 0.3) is 0 Å². The molecule has 0 aliphatic carbocycles. The molecule has 1 aromatic carbocycles. The van der Waals surface area contributed by atoms with Crippen molar-refractivity contribution in [3.8, 4) is 0 Å².